The van der Waals surface area contributed by atoms with E-state index >= 15 is 0 Å². The first-order chi connectivity index (χ1) is 14.1. The van der Waals surface area contributed by atoms with Crippen LogP contribution >= 0.6 is 22.7 Å². The first kappa shape index (κ1) is 19.3. The fourth-order valence-corrected chi connectivity index (χ4v) is 4.35. The maximum absolute atomic E-state index is 13.4. The Morgan fingerprint density at radius 3 is 2.76 bits per heavy atom. The number of hydrogen-bond donors (Lipinski definition) is 1. The molecule has 4 aromatic rings. The highest BCUT2D eigenvalue weighted by Crippen LogP contribution is 2.28. The molecule has 4 rings (SSSR count). The summed E-state index contributed by atoms with van der Waals surface area (Å²) >= 11 is 2.99. The molecule has 0 saturated heterocycles. The zero-order valence-electron chi connectivity index (χ0n) is 15.4. The number of nitrogens with zero attached hydrogens (tertiary/aromatic N) is 4. The molecule has 0 radical (unpaired) electrons. The minimum atomic E-state index is -0.436. The molecule has 0 unspecified atom stereocenters. The zero-order chi connectivity index (χ0) is 20.2. The normalized spacial score (nSPS) is 10.8. The molecule has 0 atom stereocenters. The van der Waals surface area contributed by atoms with Gasteiger partial charge in [0.05, 0.1) is 6.20 Å². The zero-order valence-corrected chi connectivity index (χ0v) is 17.1. The van der Waals surface area contributed by atoms with E-state index in [2.05, 4.69) is 44.5 Å². The number of carbonyl (C=O) groups excluding carboxylic acids is 1. The Balaban J connectivity index is 1.45. The maximum atomic E-state index is 13.4. The molecule has 0 saturated carbocycles. The summed E-state index contributed by atoms with van der Waals surface area (Å²) in [5.74, 6) is -0.673. The second-order valence-corrected chi connectivity index (χ2v) is 8.58. The van der Waals surface area contributed by atoms with E-state index in [1.165, 1.54) is 33.4 Å². The molecule has 29 heavy (non-hydrogen) atoms. The summed E-state index contributed by atoms with van der Waals surface area (Å²) in [6.07, 6.45) is 3.44. The summed E-state index contributed by atoms with van der Waals surface area (Å²) in [6.45, 7) is 2.60. The number of thiophene rings is 1. The van der Waals surface area contributed by atoms with Crippen molar-refractivity contribution in [2.24, 2.45) is 0 Å². The van der Waals surface area contributed by atoms with Crippen LogP contribution in [0.2, 0.25) is 0 Å². The predicted molar refractivity (Wildman–Crippen MR) is 111 cm³/mol. The molecule has 0 aliphatic rings. The van der Waals surface area contributed by atoms with Crippen LogP contribution in [0, 0.1) is 12.7 Å². The van der Waals surface area contributed by atoms with Crippen LogP contribution in [-0.4, -0.2) is 32.6 Å². The summed E-state index contributed by atoms with van der Waals surface area (Å²) in [6, 6.07) is 10.7. The van der Waals surface area contributed by atoms with Crippen LogP contribution in [0.5, 0.6) is 0 Å². The Hall–Kier alpha value is -3.04. The first-order valence-electron chi connectivity index (χ1n) is 8.84. The SMILES string of the molecule is Cc1ccc(CCNC(=O)c2cccc(-c3nnc(-c4cncc(F)c4)s3)n2)s1. The Morgan fingerprint density at radius 2 is 1.97 bits per heavy atom. The van der Waals surface area contributed by atoms with Crippen LogP contribution in [0.25, 0.3) is 21.3 Å². The third kappa shape index (κ3) is 4.69. The van der Waals surface area contributed by atoms with Crippen LogP contribution in [0.4, 0.5) is 4.39 Å². The average molecular weight is 426 g/mol. The van der Waals surface area contributed by atoms with Crippen molar-refractivity contribution in [2.75, 3.05) is 6.54 Å². The van der Waals surface area contributed by atoms with Crippen molar-refractivity contribution in [3.05, 3.63) is 70.1 Å². The molecule has 0 fully saturated rings. The minimum absolute atomic E-state index is 0.237. The summed E-state index contributed by atoms with van der Waals surface area (Å²) in [4.78, 5) is 23.2. The molecule has 146 valence electrons. The summed E-state index contributed by atoms with van der Waals surface area (Å²) in [5.41, 5.74) is 1.40. The highest BCUT2D eigenvalue weighted by atomic mass is 32.1. The summed E-state index contributed by atoms with van der Waals surface area (Å²) in [7, 11) is 0. The minimum Gasteiger partial charge on any atom is -0.350 e. The van der Waals surface area contributed by atoms with E-state index < -0.39 is 5.82 Å². The van der Waals surface area contributed by atoms with E-state index in [9.17, 15) is 9.18 Å². The Bertz CT molecular complexity index is 1160. The fourth-order valence-electron chi connectivity index (χ4n) is 2.66. The van der Waals surface area contributed by atoms with E-state index in [1.54, 1.807) is 29.5 Å². The van der Waals surface area contributed by atoms with Gasteiger partial charge < -0.3 is 5.32 Å². The van der Waals surface area contributed by atoms with Crippen LogP contribution in [-0.2, 0) is 6.42 Å². The summed E-state index contributed by atoms with van der Waals surface area (Å²) < 4.78 is 13.4. The topological polar surface area (TPSA) is 80.7 Å². The van der Waals surface area contributed by atoms with Gasteiger partial charge in [-0.15, -0.1) is 21.5 Å². The van der Waals surface area contributed by atoms with Gasteiger partial charge in [0.2, 0.25) is 0 Å². The van der Waals surface area contributed by atoms with Gasteiger partial charge in [0, 0.05) is 28.1 Å². The van der Waals surface area contributed by atoms with E-state index in [0.29, 0.717) is 33.5 Å². The lowest BCUT2D eigenvalue weighted by Gasteiger charge is -2.04. The number of amides is 1. The number of halogens is 1. The number of rotatable bonds is 6. The van der Waals surface area contributed by atoms with E-state index in [-0.39, 0.29) is 5.91 Å². The number of aryl methyl sites for hydroxylation is 1. The highest BCUT2D eigenvalue weighted by molar-refractivity contribution is 7.17. The van der Waals surface area contributed by atoms with Gasteiger partial charge in [-0.3, -0.25) is 9.78 Å². The van der Waals surface area contributed by atoms with Crippen molar-refractivity contribution >= 4 is 28.6 Å². The lowest BCUT2D eigenvalue weighted by molar-refractivity contribution is 0.0949. The number of pyridine rings is 2. The molecule has 0 spiro atoms. The molecule has 1 amide bonds. The van der Waals surface area contributed by atoms with Crippen LogP contribution in [0.15, 0.2) is 48.8 Å². The van der Waals surface area contributed by atoms with Crippen molar-refractivity contribution in [2.45, 2.75) is 13.3 Å². The molecular formula is C20H16FN5OS2. The van der Waals surface area contributed by atoms with E-state index in [0.717, 1.165) is 12.6 Å². The number of carbonyl (C=O) groups is 1. The second kappa shape index (κ2) is 8.54. The third-order valence-corrected chi connectivity index (χ3v) is 6.09. The van der Waals surface area contributed by atoms with Gasteiger partial charge in [0.25, 0.3) is 5.91 Å². The number of nitrogens with one attached hydrogen (secondary N) is 1. The lowest BCUT2D eigenvalue weighted by Crippen LogP contribution is -2.26. The fraction of sp³-hybridized carbons (Fsp3) is 0.150. The first-order valence-corrected chi connectivity index (χ1v) is 10.5. The van der Waals surface area contributed by atoms with Gasteiger partial charge >= 0.3 is 0 Å². The second-order valence-electron chi connectivity index (χ2n) is 6.23. The predicted octanol–water partition coefficient (Wildman–Crippen LogP) is 4.14. The van der Waals surface area contributed by atoms with Gasteiger partial charge in [-0.05, 0) is 43.7 Å². The molecule has 4 aromatic heterocycles. The summed E-state index contributed by atoms with van der Waals surface area (Å²) in [5, 5.41) is 12.2. The average Bonchev–Trinajstić information content (AvgIpc) is 3.37. The molecule has 4 heterocycles. The number of hydrogen-bond acceptors (Lipinski definition) is 7. The molecule has 0 aromatic carbocycles. The Morgan fingerprint density at radius 1 is 1.10 bits per heavy atom. The van der Waals surface area contributed by atoms with Crippen molar-refractivity contribution in [3.8, 4) is 21.3 Å². The molecule has 0 aliphatic heterocycles. The van der Waals surface area contributed by atoms with E-state index in [1.807, 2.05) is 0 Å². The van der Waals surface area contributed by atoms with Gasteiger partial charge in [-0.1, -0.05) is 17.4 Å². The van der Waals surface area contributed by atoms with Gasteiger partial charge in [-0.2, -0.15) is 0 Å². The molecule has 0 bridgehead atoms. The van der Waals surface area contributed by atoms with Gasteiger partial charge in [0.15, 0.2) is 5.01 Å². The van der Waals surface area contributed by atoms with Gasteiger partial charge in [-0.25, -0.2) is 9.37 Å². The smallest absolute Gasteiger partial charge is 0.269 e. The van der Waals surface area contributed by atoms with Crippen molar-refractivity contribution in [1.82, 2.24) is 25.5 Å². The highest BCUT2D eigenvalue weighted by Gasteiger charge is 2.13. The Labute approximate surface area is 174 Å². The molecular weight excluding hydrogens is 409 g/mol. The molecule has 6 nitrogen and oxygen atoms in total. The Kier molecular flexibility index (Phi) is 5.68. The lowest BCUT2D eigenvalue weighted by atomic mass is 10.3. The standard InChI is InChI=1S/C20H16FN5OS2/c1-12-5-6-15(28-12)7-8-23-18(27)16-3-2-4-17(24-16)20-26-25-19(29-20)13-9-14(21)11-22-10-13/h2-6,9-11H,7-8H2,1H3,(H,23,27). The van der Waals surface area contributed by atoms with Crippen LogP contribution < -0.4 is 5.32 Å². The van der Waals surface area contributed by atoms with Crippen molar-refractivity contribution < 1.29 is 9.18 Å². The quantitative estimate of drug-likeness (QED) is 0.502. The monoisotopic (exact) mass is 425 g/mol. The van der Waals surface area contributed by atoms with Crippen molar-refractivity contribution in [1.29, 1.82) is 0 Å². The van der Waals surface area contributed by atoms with Crippen LogP contribution in [0.1, 0.15) is 20.2 Å². The van der Waals surface area contributed by atoms with Crippen LogP contribution in [0.3, 0.4) is 0 Å². The van der Waals surface area contributed by atoms with E-state index in [4.69, 9.17) is 0 Å². The number of aromatic nitrogens is 4. The van der Waals surface area contributed by atoms with Crippen molar-refractivity contribution in [3.63, 3.8) is 0 Å². The van der Waals surface area contributed by atoms with Gasteiger partial charge in [0.1, 0.15) is 22.2 Å². The molecule has 9 heteroatoms. The third-order valence-electron chi connectivity index (χ3n) is 4.03. The largest absolute Gasteiger partial charge is 0.350 e. The molecule has 1 N–H and O–H groups in total. The molecule has 0 aliphatic carbocycles. The maximum Gasteiger partial charge on any atom is 0.269 e.